The van der Waals surface area contributed by atoms with Crippen LogP contribution in [-0.4, -0.2) is 37.4 Å². The highest BCUT2D eigenvalue weighted by Crippen LogP contribution is 2.12. The van der Waals surface area contributed by atoms with Crippen LogP contribution in [0.3, 0.4) is 0 Å². The Morgan fingerprint density at radius 2 is 2.20 bits per heavy atom. The molecule has 1 aromatic heterocycles. The predicted molar refractivity (Wildman–Crippen MR) is 78.6 cm³/mol. The smallest absolute Gasteiger partial charge is 0.242 e. The van der Waals surface area contributed by atoms with E-state index in [9.17, 15) is 13.2 Å². The highest BCUT2D eigenvalue weighted by molar-refractivity contribution is 7.89. The molecule has 0 saturated heterocycles. The van der Waals surface area contributed by atoms with Gasteiger partial charge in [-0.3, -0.25) is 9.78 Å². The molecule has 0 atom stereocenters. The van der Waals surface area contributed by atoms with E-state index in [0.29, 0.717) is 6.54 Å². The molecule has 1 heterocycles. The Labute approximate surface area is 123 Å². The zero-order valence-electron chi connectivity index (χ0n) is 10.9. The maximum absolute atomic E-state index is 12.1. The van der Waals surface area contributed by atoms with Gasteiger partial charge < -0.3 is 11.1 Å². The van der Waals surface area contributed by atoms with Gasteiger partial charge >= 0.3 is 0 Å². The molecule has 0 saturated carbocycles. The van der Waals surface area contributed by atoms with Crippen LogP contribution >= 0.6 is 12.2 Å². The van der Waals surface area contributed by atoms with E-state index in [1.54, 1.807) is 6.92 Å². The first-order valence-electron chi connectivity index (χ1n) is 5.89. The van der Waals surface area contributed by atoms with Gasteiger partial charge in [-0.15, -0.1) is 0 Å². The molecular formula is C11H16N4O3S2. The van der Waals surface area contributed by atoms with Crippen molar-refractivity contribution in [2.75, 3.05) is 13.1 Å². The van der Waals surface area contributed by atoms with E-state index in [1.807, 2.05) is 0 Å². The van der Waals surface area contributed by atoms with Crippen LogP contribution in [0.4, 0.5) is 0 Å². The lowest BCUT2D eigenvalue weighted by Crippen LogP contribution is -2.32. The molecule has 0 aliphatic heterocycles. The SMILES string of the molecule is CCNC(=O)CCNS(=O)(=O)c1cccnc1C(N)=S. The maximum Gasteiger partial charge on any atom is 0.242 e. The van der Waals surface area contributed by atoms with Gasteiger partial charge in [0, 0.05) is 25.7 Å². The molecule has 0 aliphatic rings. The van der Waals surface area contributed by atoms with Gasteiger partial charge in [0.2, 0.25) is 15.9 Å². The molecular weight excluding hydrogens is 300 g/mol. The fourth-order valence-corrected chi connectivity index (χ4v) is 2.88. The molecule has 1 rings (SSSR count). The normalized spacial score (nSPS) is 11.1. The third-order valence-electron chi connectivity index (χ3n) is 2.31. The summed E-state index contributed by atoms with van der Waals surface area (Å²) in [6.45, 7) is 2.27. The molecule has 0 aromatic carbocycles. The van der Waals surface area contributed by atoms with Crippen molar-refractivity contribution in [2.24, 2.45) is 5.73 Å². The third-order valence-corrected chi connectivity index (χ3v) is 4.00. The Morgan fingerprint density at radius 1 is 1.50 bits per heavy atom. The number of nitrogens with two attached hydrogens (primary N) is 1. The number of hydrogen-bond donors (Lipinski definition) is 3. The number of aromatic nitrogens is 1. The molecule has 9 heteroatoms. The first kappa shape index (κ1) is 16.5. The van der Waals surface area contributed by atoms with E-state index in [2.05, 4.69) is 15.0 Å². The average Bonchev–Trinajstić information content (AvgIpc) is 2.38. The van der Waals surface area contributed by atoms with E-state index in [-0.39, 0.29) is 34.5 Å². The third kappa shape index (κ3) is 4.51. The molecule has 0 radical (unpaired) electrons. The monoisotopic (exact) mass is 316 g/mol. The minimum absolute atomic E-state index is 0.0141. The second kappa shape index (κ2) is 7.27. The molecule has 4 N–H and O–H groups in total. The van der Waals surface area contributed by atoms with Gasteiger partial charge in [-0.25, -0.2) is 13.1 Å². The number of nitrogens with zero attached hydrogens (tertiary/aromatic N) is 1. The number of sulfonamides is 1. The molecule has 7 nitrogen and oxygen atoms in total. The minimum Gasteiger partial charge on any atom is -0.388 e. The van der Waals surface area contributed by atoms with Crippen molar-refractivity contribution >= 4 is 33.1 Å². The summed E-state index contributed by atoms with van der Waals surface area (Å²) in [5.74, 6) is -0.226. The summed E-state index contributed by atoms with van der Waals surface area (Å²) < 4.78 is 26.5. The molecule has 1 amide bonds. The molecule has 1 aromatic rings. The van der Waals surface area contributed by atoms with Crippen LogP contribution in [0.2, 0.25) is 0 Å². The van der Waals surface area contributed by atoms with Gasteiger partial charge in [0.25, 0.3) is 0 Å². The van der Waals surface area contributed by atoms with Crippen LogP contribution in [0, 0.1) is 0 Å². The van der Waals surface area contributed by atoms with Crippen molar-refractivity contribution in [3.05, 3.63) is 24.0 Å². The van der Waals surface area contributed by atoms with Gasteiger partial charge in [0.15, 0.2) is 0 Å². The molecule has 0 fully saturated rings. The second-order valence-electron chi connectivity index (χ2n) is 3.82. The molecule has 0 unspecified atom stereocenters. The van der Waals surface area contributed by atoms with Crippen molar-refractivity contribution in [1.82, 2.24) is 15.0 Å². The summed E-state index contributed by atoms with van der Waals surface area (Å²) in [5.41, 5.74) is 5.48. The Morgan fingerprint density at radius 3 is 2.80 bits per heavy atom. The number of rotatable bonds is 7. The van der Waals surface area contributed by atoms with Crippen molar-refractivity contribution < 1.29 is 13.2 Å². The van der Waals surface area contributed by atoms with Crippen molar-refractivity contribution in [3.63, 3.8) is 0 Å². The summed E-state index contributed by atoms with van der Waals surface area (Å²) in [7, 11) is -3.81. The van der Waals surface area contributed by atoms with Crippen LogP contribution in [0.15, 0.2) is 23.2 Å². The van der Waals surface area contributed by atoms with Crippen molar-refractivity contribution in [3.8, 4) is 0 Å². The van der Waals surface area contributed by atoms with E-state index >= 15 is 0 Å². The Hall–Kier alpha value is -1.58. The number of nitrogens with one attached hydrogen (secondary N) is 2. The Bertz CT molecular complexity index is 601. The Kier molecular flexibility index (Phi) is 5.99. The van der Waals surface area contributed by atoms with Crippen LogP contribution < -0.4 is 15.8 Å². The first-order valence-corrected chi connectivity index (χ1v) is 7.78. The number of hydrogen-bond acceptors (Lipinski definition) is 5. The van der Waals surface area contributed by atoms with Gasteiger partial charge in [-0.2, -0.15) is 0 Å². The van der Waals surface area contributed by atoms with Crippen molar-refractivity contribution in [2.45, 2.75) is 18.2 Å². The first-order chi connectivity index (χ1) is 9.38. The number of amides is 1. The fraction of sp³-hybridized carbons (Fsp3) is 0.364. The highest BCUT2D eigenvalue weighted by atomic mass is 32.2. The maximum atomic E-state index is 12.1. The van der Waals surface area contributed by atoms with E-state index in [1.165, 1.54) is 18.3 Å². The topological polar surface area (TPSA) is 114 Å². The van der Waals surface area contributed by atoms with E-state index in [4.69, 9.17) is 18.0 Å². The number of pyridine rings is 1. The molecule has 0 spiro atoms. The summed E-state index contributed by atoms with van der Waals surface area (Å²) in [6, 6.07) is 2.83. The standard InChI is InChI=1S/C11H16N4O3S2/c1-2-13-9(16)5-7-15-20(17,18)8-4-3-6-14-10(8)11(12)19/h3-4,6,15H,2,5,7H2,1H3,(H2,12,19)(H,13,16). The quantitative estimate of drug-likeness (QED) is 0.585. The highest BCUT2D eigenvalue weighted by Gasteiger charge is 2.20. The lowest BCUT2D eigenvalue weighted by molar-refractivity contribution is -0.120. The summed E-state index contributed by atoms with van der Waals surface area (Å²) in [5, 5.41) is 2.57. The largest absolute Gasteiger partial charge is 0.388 e. The molecule has 0 bridgehead atoms. The van der Waals surface area contributed by atoms with Crippen LogP contribution in [0.25, 0.3) is 0 Å². The summed E-state index contributed by atoms with van der Waals surface area (Å²) in [4.78, 5) is 14.9. The van der Waals surface area contributed by atoms with Gasteiger partial charge in [0.05, 0.1) is 0 Å². The average molecular weight is 316 g/mol. The summed E-state index contributed by atoms with van der Waals surface area (Å²) >= 11 is 4.77. The van der Waals surface area contributed by atoms with Gasteiger partial charge in [-0.05, 0) is 19.1 Å². The predicted octanol–water partition coefficient (Wildman–Crippen LogP) is -0.480. The lowest BCUT2D eigenvalue weighted by atomic mass is 10.3. The fourth-order valence-electron chi connectivity index (χ4n) is 1.45. The zero-order valence-corrected chi connectivity index (χ0v) is 12.6. The van der Waals surface area contributed by atoms with Gasteiger partial charge in [0.1, 0.15) is 15.6 Å². The zero-order chi connectivity index (χ0) is 15.2. The molecule has 20 heavy (non-hydrogen) atoms. The van der Waals surface area contributed by atoms with Crippen LogP contribution in [-0.2, 0) is 14.8 Å². The lowest BCUT2D eigenvalue weighted by Gasteiger charge is -2.09. The second-order valence-corrected chi connectivity index (χ2v) is 5.99. The van der Waals surface area contributed by atoms with E-state index < -0.39 is 10.0 Å². The minimum atomic E-state index is -3.81. The molecule has 110 valence electrons. The van der Waals surface area contributed by atoms with Gasteiger partial charge in [-0.1, -0.05) is 12.2 Å². The van der Waals surface area contributed by atoms with Crippen LogP contribution in [0.5, 0.6) is 0 Å². The van der Waals surface area contributed by atoms with Crippen LogP contribution in [0.1, 0.15) is 19.0 Å². The van der Waals surface area contributed by atoms with E-state index in [0.717, 1.165) is 0 Å². The summed E-state index contributed by atoms with van der Waals surface area (Å²) in [6.07, 6.45) is 1.46. The number of carbonyl (C=O) groups is 1. The number of thiocarbonyl (C=S) groups is 1. The number of carbonyl (C=O) groups excluding carboxylic acids is 1. The Balaban J connectivity index is 2.80. The molecule has 0 aliphatic carbocycles. The van der Waals surface area contributed by atoms with Crippen molar-refractivity contribution in [1.29, 1.82) is 0 Å².